The molecule has 88 valence electrons. The Labute approximate surface area is 112 Å². The van der Waals surface area contributed by atoms with Gasteiger partial charge in [-0.15, -0.1) is 0 Å². The highest BCUT2D eigenvalue weighted by Crippen LogP contribution is 2.13. The molecule has 0 aliphatic rings. The minimum Gasteiger partial charge on any atom is -0.182 e. The van der Waals surface area contributed by atoms with Gasteiger partial charge in [-0.25, -0.2) is 0 Å². The van der Waals surface area contributed by atoms with Gasteiger partial charge in [0.2, 0.25) is 10.5 Å². The SMILES string of the molecule is Sc1ccc2ccccc2[n+]1Cc1ccccc1. The fraction of sp³-hybridized carbons (Fsp3) is 0.0625. The van der Waals surface area contributed by atoms with Crippen molar-refractivity contribution in [3.8, 4) is 0 Å². The molecule has 2 heteroatoms. The van der Waals surface area contributed by atoms with Crippen LogP contribution in [0.4, 0.5) is 0 Å². The fourth-order valence-corrected chi connectivity index (χ4v) is 2.44. The average Bonchev–Trinajstić information content (AvgIpc) is 2.43. The van der Waals surface area contributed by atoms with Gasteiger partial charge >= 0.3 is 0 Å². The molecule has 0 saturated carbocycles. The van der Waals surface area contributed by atoms with Gasteiger partial charge in [0, 0.05) is 23.1 Å². The maximum Gasteiger partial charge on any atom is 0.237 e. The van der Waals surface area contributed by atoms with Crippen molar-refractivity contribution in [1.82, 2.24) is 0 Å². The molecule has 0 aliphatic heterocycles. The van der Waals surface area contributed by atoms with Crippen molar-refractivity contribution in [2.24, 2.45) is 0 Å². The van der Waals surface area contributed by atoms with Crippen LogP contribution >= 0.6 is 12.6 Å². The van der Waals surface area contributed by atoms with Crippen molar-refractivity contribution in [3.05, 3.63) is 72.3 Å². The number of aromatic nitrogens is 1. The molecule has 0 atom stereocenters. The molecule has 0 fully saturated rings. The van der Waals surface area contributed by atoms with Crippen molar-refractivity contribution in [3.63, 3.8) is 0 Å². The molecule has 0 saturated heterocycles. The number of nitrogens with zero attached hydrogens (tertiary/aromatic N) is 1. The third-order valence-electron chi connectivity index (χ3n) is 3.10. The highest BCUT2D eigenvalue weighted by Gasteiger charge is 2.12. The highest BCUT2D eigenvalue weighted by molar-refractivity contribution is 7.80. The monoisotopic (exact) mass is 252 g/mol. The van der Waals surface area contributed by atoms with Crippen molar-refractivity contribution >= 4 is 23.5 Å². The van der Waals surface area contributed by atoms with Gasteiger partial charge < -0.3 is 0 Å². The second-order valence-electron chi connectivity index (χ2n) is 4.32. The third-order valence-corrected chi connectivity index (χ3v) is 3.49. The molecule has 0 radical (unpaired) electrons. The molecule has 0 bridgehead atoms. The molecule has 0 spiro atoms. The van der Waals surface area contributed by atoms with Crippen LogP contribution in [0.1, 0.15) is 5.56 Å². The summed E-state index contributed by atoms with van der Waals surface area (Å²) in [5.74, 6) is 0. The minimum absolute atomic E-state index is 0.848. The maximum absolute atomic E-state index is 4.57. The average molecular weight is 252 g/mol. The summed E-state index contributed by atoms with van der Waals surface area (Å²) in [6, 6.07) is 23.0. The van der Waals surface area contributed by atoms with E-state index in [0.717, 1.165) is 11.6 Å². The largest absolute Gasteiger partial charge is 0.237 e. The summed E-state index contributed by atoms with van der Waals surface area (Å²) in [6.45, 7) is 0.848. The molecule has 1 aromatic heterocycles. The lowest BCUT2D eigenvalue weighted by Gasteiger charge is -2.04. The Hall–Kier alpha value is -1.80. The molecule has 0 N–H and O–H groups in total. The Kier molecular flexibility index (Phi) is 3.03. The normalized spacial score (nSPS) is 10.7. The quantitative estimate of drug-likeness (QED) is 0.526. The Morgan fingerprint density at radius 3 is 2.33 bits per heavy atom. The van der Waals surface area contributed by atoms with Crippen LogP contribution < -0.4 is 4.57 Å². The number of benzene rings is 2. The summed E-state index contributed by atoms with van der Waals surface area (Å²) in [4.78, 5) is 0. The molecule has 18 heavy (non-hydrogen) atoms. The number of thiol groups is 1. The summed E-state index contributed by atoms with van der Waals surface area (Å²) >= 11 is 4.57. The van der Waals surface area contributed by atoms with E-state index in [0.29, 0.717) is 0 Å². The highest BCUT2D eigenvalue weighted by atomic mass is 32.1. The van der Waals surface area contributed by atoms with Crippen LogP contribution in [-0.2, 0) is 6.54 Å². The van der Waals surface area contributed by atoms with Gasteiger partial charge in [-0.3, -0.25) is 0 Å². The number of para-hydroxylation sites is 1. The number of hydrogen-bond acceptors (Lipinski definition) is 1. The van der Waals surface area contributed by atoms with Crippen molar-refractivity contribution in [1.29, 1.82) is 0 Å². The van der Waals surface area contributed by atoms with Gasteiger partial charge in [-0.2, -0.15) is 4.57 Å². The van der Waals surface area contributed by atoms with Crippen molar-refractivity contribution < 1.29 is 4.57 Å². The van der Waals surface area contributed by atoms with Crippen LogP contribution in [0.25, 0.3) is 10.9 Å². The van der Waals surface area contributed by atoms with E-state index in [1.54, 1.807) is 0 Å². The van der Waals surface area contributed by atoms with Crippen LogP contribution in [0.5, 0.6) is 0 Å². The van der Waals surface area contributed by atoms with Gasteiger partial charge in [-0.1, -0.05) is 55.1 Å². The lowest BCUT2D eigenvalue weighted by Crippen LogP contribution is -2.37. The maximum atomic E-state index is 4.57. The minimum atomic E-state index is 0.848. The first-order valence-electron chi connectivity index (χ1n) is 5.99. The number of pyridine rings is 1. The van der Waals surface area contributed by atoms with E-state index in [9.17, 15) is 0 Å². The van der Waals surface area contributed by atoms with Crippen molar-refractivity contribution in [2.45, 2.75) is 11.6 Å². The zero-order valence-electron chi connectivity index (χ0n) is 9.95. The second kappa shape index (κ2) is 4.83. The van der Waals surface area contributed by atoms with E-state index < -0.39 is 0 Å². The van der Waals surface area contributed by atoms with Gasteiger partial charge in [0.05, 0.1) is 0 Å². The van der Waals surface area contributed by atoms with Crippen LogP contribution in [0.3, 0.4) is 0 Å². The lowest BCUT2D eigenvalue weighted by atomic mass is 10.2. The topological polar surface area (TPSA) is 3.88 Å². The molecule has 1 nitrogen and oxygen atoms in total. The molecular formula is C16H14NS+. The lowest BCUT2D eigenvalue weighted by molar-refractivity contribution is -0.699. The first-order valence-corrected chi connectivity index (χ1v) is 6.44. The van der Waals surface area contributed by atoms with E-state index in [4.69, 9.17) is 0 Å². The summed E-state index contributed by atoms with van der Waals surface area (Å²) in [5, 5.41) is 2.23. The fourth-order valence-electron chi connectivity index (χ4n) is 2.18. The number of rotatable bonds is 2. The van der Waals surface area contributed by atoms with Crippen LogP contribution in [0.2, 0.25) is 0 Å². The van der Waals surface area contributed by atoms with Crippen molar-refractivity contribution in [2.75, 3.05) is 0 Å². The Balaban J connectivity index is 2.13. The van der Waals surface area contributed by atoms with E-state index >= 15 is 0 Å². The van der Waals surface area contributed by atoms with E-state index in [1.165, 1.54) is 16.5 Å². The van der Waals surface area contributed by atoms with E-state index in [2.05, 4.69) is 71.8 Å². The molecule has 3 aromatic rings. The van der Waals surface area contributed by atoms with Crippen LogP contribution in [0.15, 0.2) is 71.8 Å². The number of hydrogen-bond donors (Lipinski definition) is 1. The molecule has 1 heterocycles. The molecule has 0 unspecified atom stereocenters. The van der Waals surface area contributed by atoms with Gasteiger partial charge in [-0.05, 0) is 12.1 Å². The first kappa shape index (κ1) is 11.3. The summed E-state index contributed by atoms with van der Waals surface area (Å²) in [6.07, 6.45) is 0. The number of fused-ring (bicyclic) bond motifs is 1. The van der Waals surface area contributed by atoms with Gasteiger partial charge in [0.1, 0.15) is 0 Å². The first-order chi connectivity index (χ1) is 8.84. The molecule has 3 rings (SSSR count). The zero-order chi connectivity index (χ0) is 12.4. The Morgan fingerprint density at radius 2 is 1.50 bits per heavy atom. The summed E-state index contributed by atoms with van der Waals surface area (Å²) in [7, 11) is 0. The van der Waals surface area contributed by atoms with Gasteiger partial charge in [0.15, 0.2) is 6.54 Å². The molecule has 0 aliphatic carbocycles. The van der Waals surface area contributed by atoms with Crippen LogP contribution in [0, 0.1) is 0 Å². The summed E-state index contributed by atoms with van der Waals surface area (Å²) in [5.41, 5.74) is 2.50. The predicted molar refractivity (Wildman–Crippen MR) is 76.9 cm³/mol. The second-order valence-corrected chi connectivity index (χ2v) is 4.78. The van der Waals surface area contributed by atoms with E-state index in [-0.39, 0.29) is 0 Å². The summed E-state index contributed by atoms with van der Waals surface area (Å²) < 4.78 is 2.23. The molecule has 0 amide bonds. The zero-order valence-corrected chi connectivity index (χ0v) is 10.8. The van der Waals surface area contributed by atoms with Gasteiger partial charge in [0.25, 0.3) is 0 Å². The molecular weight excluding hydrogens is 238 g/mol. The standard InChI is InChI=1S/C16H13NS/c18-16-11-10-14-8-4-5-9-15(14)17(16)12-13-6-2-1-3-7-13/h1-11H,12H2/p+1. The third kappa shape index (κ3) is 2.12. The van der Waals surface area contributed by atoms with E-state index in [1.807, 2.05) is 12.1 Å². The predicted octanol–water partition coefficient (Wildman–Crippen LogP) is 3.46. The molecule has 2 aromatic carbocycles. The smallest absolute Gasteiger partial charge is 0.182 e. The van der Waals surface area contributed by atoms with Crippen LogP contribution in [-0.4, -0.2) is 0 Å². The Morgan fingerprint density at radius 1 is 0.778 bits per heavy atom. The Bertz CT molecular complexity index is 677.